The van der Waals surface area contributed by atoms with Crippen molar-refractivity contribution in [2.45, 2.75) is 45.1 Å². The summed E-state index contributed by atoms with van der Waals surface area (Å²) in [6.07, 6.45) is 1.87. The molecule has 0 N–H and O–H groups in total. The van der Waals surface area contributed by atoms with Crippen molar-refractivity contribution in [1.82, 2.24) is 4.90 Å². The first-order valence-electron chi connectivity index (χ1n) is 5.97. The molecule has 1 amide bonds. The van der Waals surface area contributed by atoms with Gasteiger partial charge in [0.15, 0.2) is 0 Å². The van der Waals surface area contributed by atoms with E-state index in [4.69, 9.17) is 10.00 Å². The SMILES string of the molecule is CCOC(=O)C1(N(CCC#N)C(=O)CC)CC1. The molecule has 0 unspecified atom stereocenters. The van der Waals surface area contributed by atoms with Crippen molar-refractivity contribution in [2.75, 3.05) is 13.2 Å². The molecule has 0 heterocycles. The standard InChI is InChI=1S/C12H18N2O3/c1-3-10(15)14(9-5-8-13)12(6-7-12)11(16)17-4-2/h3-7,9H2,1-2H3. The third kappa shape index (κ3) is 2.76. The molecule has 1 fully saturated rings. The summed E-state index contributed by atoms with van der Waals surface area (Å²) in [5.74, 6) is -0.425. The van der Waals surface area contributed by atoms with Crippen molar-refractivity contribution in [3.63, 3.8) is 0 Å². The van der Waals surface area contributed by atoms with Crippen molar-refractivity contribution in [3.05, 3.63) is 0 Å². The Morgan fingerprint density at radius 1 is 1.41 bits per heavy atom. The van der Waals surface area contributed by atoms with Crippen LogP contribution < -0.4 is 0 Å². The van der Waals surface area contributed by atoms with E-state index in [1.807, 2.05) is 6.07 Å². The number of nitriles is 1. The van der Waals surface area contributed by atoms with Gasteiger partial charge >= 0.3 is 5.97 Å². The van der Waals surface area contributed by atoms with E-state index in [2.05, 4.69) is 0 Å². The fourth-order valence-corrected chi connectivity index (χ4v) is 1.90. The van der Waals surface area contributed by atoms with E-state index in [0.717, 1.165) is 0 Å². The van der Waals surface area contributed by atoms with Crippen LogP contribution in [0.25, 0.3) is 0 Å². The van der Waals surface area contributed by atoms with Gasteiger partial charge < -0.3 is 9.64 Å². The van der Waals surface area contributed by atoms with Crippen molar-refractivity contribution in [1.29, 1.82) is 5.26 Å². The van der Waals surface area contributed by atoms with Gasteiger partial charge in [-0.3, -0.25) is 4.79 Å². The van der Waals surface area contributed by atoms with Gasteiger partial charge in [-0.1, -0.05) is 6.92 Å². The minimum absolute atomic E-state index is 0.0918. The Bertz CT molecular complexity index is 342. The second-order valence-corrected chi connectivity index (χ2v) is 4.06. The quantitative estimate of drug-likeness (QED) is 0.653. The van der Waals surface area contributed by atoms with Crippen LogP contribution in [0, 0.1) is 11.3 Å². The zero-order valence-corrected chi connectivity index (χ0v) is 10.4. The largest absolute Gasteiger partial charge is 0.464 e. The summed E-state index contributed by atoms with van der Waals surface area (Å²) in [5.41, 5.74) is -0.778. The number of hydrogen-bond donors (Lipinski definition) is 0. The molecule has 0 bridgehead atoms. The van der Waals surface area contributed by atoms with Gasteiger partial charge in [-0.2, -0.15) is 5.26 Å². The molecule has 0 aromatic heterocycles. The third-order valence-electron chi connectivity index (χ3n) is 2.95. The van der Waals surface area contributed by atoms with Gasteiger partial charge in [-0.05, 0) is 19.8 Å². The van der Waals surface area contributed by atoms with E-state index < -0.39 is 5.54 Å². The van der Waals surface area contributed by atoms with E-state index in [9.17, 15) is 9.59 Å². The second-order valence-electron chi connectivity index (χ2n) is 4.06. The van der Waals surface area contributed by atoms with Gasteiger partial charge in [-0.15, -0.1) is 0 Å². The predicted molar refractivity (Wildman–Crippen MR) is 60.8 cm³/mol. The van der Waals surface area contributed by atoms with Gasteiger partial charge in [0.25, 0.3) is 0 Å². The molecule has 0 saturated heterocycles. The molecular weight excluding hydrogens is 220 g/mol. The monoisotopic (exact) mass is 238 g/mol. The van der Waals surface area contributed by atoms with Crippen molar-refractivity contribution in [3.8, 4) is 6.07 Å². The number of ether oxygens (including phenoxy) is 1. The Morgan fingerprint density at radius 2 is 2.06 bits per heavy atom. The number of rotatable bonds is 6. The molecule has 0 atom stereocenters. The summed E-state index contributed by atoms with van der Waals surface area (Å²) in [6.45, 7) is 4.12. The summed E-state index contributed by atoms with van der Waals surface area (Å²) in [7, 11) is 0. The van der Waals surface area contributed by atoms with Crippen LogP contribution in [0.1, 0.15) is 39.5 Å². The zero-order valence-electron chi connectivity index (χ0n) is 10.4. The van der Waals surface area contributed by atoms with Crippen LogP contribution >= 0.6 is 0 Å². The molecule has 0 radical (unpaired) electrons. The van der Waals surface area contributed by atoms with Gasteiger partial charge in [0.2, 0.25) is 5.91 Å². The van der Waals surface area contributed by atoms with E-state index >= 15 is 0 Å². The lowest BCUT2D eigenvalue weighted by Gasteiger charge is -2.29. The maximum Gasteiger partial charge on any atom is 0.332 e. The van der Waals surface area contributed by atoms with E-state index in [1.54, 1.807) is 13.8 Å². The Balaban J connectivity index is 2.79. The summed E-state index contributed by atoms with van der Waals surface area (Å²) in [6, 6.07) is 2.00. The molecule has 17 heavy (non-hydrogen) atoms. The molecular formula is C12H18N2O3. The minimum Gasteiger partial charge on any atom is -0.464 e. The Kier molecular flexibility index (Phi) is 4.50. The van der Waals surface area contributed by atoms with E-state index in [-0.39, 0.29) is 18.3 Å². The number of esters is 1. The topological polar surface area (TPSA) is 70.4 Å². The summed E-state index contributed by atoms with van der Waals surface area (Å²) < 4.78 is 5.01. The van der Waals surface area contributed by atoms with Crippen LogP contribution in [-0.2, 0) is 14.3 Å². The molecule has 1 saturated carbocycles. The zero-order chi connectivity index (χ0) is 12.9. The summed E-state index contributed by atoms with van der Waals surface area (Å²) in [4.78, 5) is 25.2. The molecule has 1 aliphatic rings. The van der Waals surface area contributed by atoms with Gasteiger partial charge in [0.1, 0.15) is 5.54 Å². The summed E-state index contributed by atoms with van der Waals surface area (Å²) >= 11 is 0. The molecule has 0 spiro atoms. The number of amides is 1. The Morgan fingerprint density at radius 3 is 2.47 bits per heavy atom. The van der Waals surface area contributed by atoms with Crippen LogP contribution in [0.2, 0.25) is 0 Å². The third-order valence-corrected chi connectivity index (χ3v) is 2.95. The van der Waals surface area contributed by atoms with Crippen LogP contribution in [0.3, 0.4) is 0 Å². The molecule has 1 aliphatic carbocycles. The molecule has 5 nitrogen and oxygen atoms in total. The first kappa shape index (κ1) is 13.5. The first-order chi connectivity index (χ1) is 8.12. The van der Waals surface area contributed by atoms with Crippen LogP contribution in [0.15, 0.2) is 0 Å². The molecule has 1 rings (SSSR count). The lowest BCUT2D eigenvalue weighted by molar-refractivity contribution is -0.157. The molecule has 0 aromatic carbocycles. The number of nitrogens with zero attached hydrogens (tertiary/aromatic N) is 2. The van der Waals surface area contributed by atoms with Crippen molar-refractivity contribution < 1.29 is 14.3 Å². The lowest BCUT2D eigenvalue weighted by atomic mass is 10.2. The van der Waals surface area contributed by atoms with Crippen LogP contribution in [0.5, 0.6) is 0 Å². The number of carbonyl (C=O) groups excluding carboxylic acids is 2. The highest BCUT2D eigenvalue weighted by molar-refractivity contribution is 5.90. The lowest BCUT2D eigenvalue weighted by Crippen LogP contribution is -2.48. The minimum atomic E-state index is -0.778. The van der Waals surface area contributed by atoms with Gasteiger partial charge in [0, 0.05) is 13.0 Å². The molecule has 5 heteroatoms. The van der Waals surface area contributed by atoms with Crippen molar-refractivity contribution in [2.24, 2.45) is 0 Å². The van der Waals surface area contributed by atoms with E-state index in [1.165, 1.54) is 4.90 Å². The Hall–Kier alpha value is -1.57. The highest BCUT2D eigenvalue weighted by Crippen LogP contribution is 2.43. The van der Waals surface area contributed by atoms with Gasteiger partial charge in [-0.25, -0.2) is 4.79 Å². The molecule has 94 valence electrons. The highest BCUT2D eigenvalue weighted by Gasteiger charge is 2.57. The fraction of sp³-hybridized carbons (Fsp3) is 0.750. The average molecular weight is 238 g/mol. The maximum atomic E-state index is 11.9. The number of hydrogen-bond acceptors (Lipinski definition) is 4. The molecule has 0 aliphatic heterocycles. The average Bonchev–Trinajstić information content (AvgIpc) is 3.11. The normalized spacial score (nSPS) is 15.8. The van der Waals surface area contributed by atoms with Gasteiger partial charge in [0.05, 0.1) is 19.1 Å². The fourth-order valence-electron chi connectivity index (χ4n) is 1.90. The smallest absolute Gasteiger partial charge is 0.332 e. The number of carbonyl (C=O) groups is 2. The maximum absolute atomic E-state index is 11.9. The van der Waals surface area contributed by atoms with Crippen LogP contribution in [0.4, 0.5) is 0 Å². The highest BCUT2D eigenvalue weighted by atomic mass is 16.5. The van der Waals surface area contributed by atoms with E-state index in [0.29, 0.717) is 32.4 Å². The molecule has 0 aromatic rings. The van der Waals surface area contributed by atoms with Crippen molar-refractivity contribution >= 4 is 11.9 Å². The predicted octanol–water partition coefficient (Wildman–Crippen LogP) is 1.23. The summed E-state index contributed by atoms with van der Waals surface area (Å²) in [5, 5.41) is 8.59. The Labute approximate surface area is 101 Å². The first-order valence-corrected chi connectivity index (χ1v) is 5.97. The van der Waals surface area contributed by atoms with Crippen LogP contribution in [-0.4, -0.2) is 35.5 Å². The second kappa shape index (κ2) is 5.67.